The van der Waals surface area contributed by atoms with Gasteiger partial charge in [0.2, 0.25) is 5.91 Å². The van der Waals surface area contributed by atoms with Crippen LogP contribution in [0.1, 0.15) is 51.9 Å². The van der Waals surface area contributed by atoms with Gasteiger partial charge in [0.1, 0.15) is 0 Å². The number of benzene rings is 1. The van der Waals surface area contributed by atoms with Gasteiger partial charge < -0.3 is 5.32 Å². The van der Waals surface area contributed by atoms with E-state index in [1.165, 1.54) is 0 Å². The van der Waals surface area contributed by atoms with Crippen molar-refractivity contribution in [3.8, 4) is 0 Å². The summed E-state index contributed by atoms with van der Waals surface area (Å²) in [6.45, 7) is 10.6. The lowest BCUT2D eigenvalue weighted by molar-refractivity contribution is -0.115. The van der Waals surface area contributed by atoms with E-state index in [0.717, 1.165) is 16.9 Å². The van der Waals surface area contributed by atoms with E-state index >= 15 is 0 Å². The fourth-order valence-corrected chi connectivity index (χ4v) is 2.36. The first-order valence-corrected chi connectivity index (χ1v) is 7.71. The van der Waals surface area contributed by atoms with Crippen LogP contribution in [0.2, 0.25) is 0 Å². The summed E-state index contributed by atoms with van der Waals surface area (Å²) >= 11 is 0. The molecular formula is C18H25N3O. The Morgan fingerprint density at radius 1 is 1.23 bits per heavy atom. The highest BCUT2D eigenvalue weighted by Gasteiger charge is 2.18. The summed E-state index contributed by atoms with van der Waals surface area (Å²) in [5.74, 6) is -0.0364. The summed E-state index contributed by atoms with van der Waals surface area (Å²) in [4.78, 5) is 12.3. The summed E-state index contributed by atoms with van der Waals surface area (Å²) in [5.41, 5.74) is 2.79. The molecule has 0 radical (unpaired) electrons. The second kappa shape index (κ2) is 6.34. The smallest absolute Gasteiger partial charge is 0.230 e. The molecular weight excluding hydrogens is 274 g/mol. The Bertz CT molecular complexity index is 650. The Kier molecular flexibility index (Phi) is 4.69. The Hall–Kier alpha value is -2.10. The zero-order chi connectivity index (χ0) is 16.3. The van der Waals surface area contributed by atoms with Crippen molar-refractivity contribution in [1.82, 2.24) is 9.78 Å². The fraction of sp³-hybridized carbons (Fsp3) is 0.444. The number of nitrogens with zero attached hydrogens (tertiary/aromatic N) is 2. The third-order valence-corrected chi connectivity index (χ3v) is 3.54. The number of hydrogen-bond donors (Lipinski definition) is 1. The molecule has 2 aromatic rings. The first kappa shape index (κ1) is 16.3. The van der Waals surface area contributed by atoms with Crippen LogP contribution >= 0.6 is 0 Å². The van der Waals surface area contributed by atoms with Crippen LogP contribution in [0, 0.1) is 0 Å². The molecule has 0 unspecified atom stereocenters. The summed E-state index contributed by atoms with van der Waals surface area (Å²) in [7, 11) is 0. The van der Waals surface area contributed by atoms with Crippen molar-refractivity contribution in [3.05, 3.63) is 47.8 Å². The fourth-order valence-electron chi connectivity index (χ4n) is 2.36. The second-order valence-electron chi connectivity index (χ2n) is 6.90. The molecule has 0 aliphatic carbocycles. The quantitative estimate of drug-likeness (QED) is 0.929. The van der Waals surface area contributed by atoms with Gasteiger partial charge in [-0.15, -0.1) is 0 Å². The zero-order valence-electron chi connectivity index (χ0n) is 14.1. The molecule has 1 amide bonds. The molecule has 118 valence electrons. The van der Waals surface area contributed by atoms with Gasteiger partial charge in [-0.25, -0.2) is 0 Å². The molecule has 4 heteroatoms. The summed E-state index contributed by atoms with van der Waals surface area (Å²) in [5, 5.41) is 7.43. The third kappa shape index (κ3) is 3.97. The van der Waals surface area contributed by atoms with Crippen LogP contribution in [-0.2, 0) is 16.6 Å². The van der Waals surface area contributed by atoms with E-state index < -0.39 is 0 Å². The lowest BCUT2D eigenvalue weighted by Crippen LogP contribution is -2.20. The topological polar surface area (TPSA) is 46.9 Å². The Morgan fingerprint density at radius 3 is 2.50 bits per heavy atom. The molecule has 0 saturated carbocycles. The number of rotatable bonds is 4. The molecule has 1 N–H and O–H groups in total. The molecule has 0 aliphatic heterocycles. The van der Waals surface area contributed by atoms with Gasteiger partial charge in [-0.05, 0) is 37.0 Å². The van der Waals surface area contributed by atoms with E-state index in [2.05, 4.69) is 51.1 Å². The number of para-hydroxylation sites is 1. The highest BCUT2D eigenvalue weighted by atomic mass is 16.1. The minimum absolute atomic E-state index is 0.0108. The number of amides is 1. The van der Waals surface area contributed by atoms with Crippen molar-refractivity contribution < 1.29 is 4.79 Å². The lowest BCUT2D eigenvalue weighted by atomic mass is 9.86. The van der Waals surface area contributed by atoms with E-state index in [9.17, 15) is 4.79 Å². The minimum atomic E-state index is -0.0364. The monoisotopic (exact) mass is 299 g/mol. The average molecular weight is 299 g/mol. The first-order chi connectivity index (χ1) is 10.3. The van der Waals surface area contributed by atoms with E-state index in [1.807, 2.05) is 35.1 Å². The zero-order valence-corrected chi connectivity index (χ0v) is 14.1. The van der Waals surface area contributed by atoms with Crippen molar-refractivity contribution in [2.45, 2.75) is 52.5 Å². The molecule has 0 fully saturated rings. The van der Waals surface area contributed by atoms with Gasteiger partial charge in [-0.1, -0.05) is 39.0 Å². The van der Waals surface area contributed by atoms with Gasteiger partial charge in [0, 0.05) is 17.9 Å². The molecule has 1 aromatic heterocycles. The van der Waals surface area contributed by atoms with Crippen LogP contribution in [0.3, 0.4) is 0 Å². The molecule has 0 saturated heterocycles. The Labute approximate surface area is 132 Å². The van der Waals surface area contributed by atoms with Gasteiger partial charge in [0.25, 0.3) is 0 Å². The number of hydrogen-bond acceptors (Lipinski definition) is 2. The average Bonchev–Trinajstić information content (AvgIpc) is 2.86. The van der Waals surface area contributed by atoms with E-state index in [4.69, 9.17) is 0 Å². The van der Waals surface area contributed by atoms with Gasteiger partial charge in [0.05, 0.1) is 12.1 Å². The predicted octanol–water partition coefficient (Wildman–Crippen LogP) is 3.94. The second-order valence-corrected chi connectivity index (χ2v) is 6.90. The molecule has 1 aromatic carbocycles. The van der Waals surface area contributed by atoms with Crippen LogP contribution in [0.25, 0.3) is 0 Å². The number of aromatic nitrogens is 2. The summed E-state index contributed by atoms with van der Waals surface area (Å²) < 4.78 is 1.87. The summed E-state index contributed by atoms with van der Waals surface area (Å²) in [6, 6.07) is 10.2. The number of carbonyl (C=O) groups is 1. The van der Waals surface area contributed by atoms with E-state index in [1.54, 1.807) is 0 Å². The molecule has 0 spiro atoms. The van der Waals surface area contributed by atoms with Crippen LogP contribution in [-0.4, -0.2) is 15.7 Å². The maximum absolute atomic E-state index is 12.3. The molecule has 0 bridgehead atoms. The van der Waals surface area contributed by atoms with Crippen molar-refractivity contribution >= 4 is 11.6 Å². The van der Waals surface area contributed by atoms with Crippen molar-refractivity contribution in [1.29, 1.82) is 0 Å². The molecule has 0 atom stereocenters. The largest absolute Gasteiger partial charge is 0.325 e. The predicted molar refractivity (Wildman–Crippen MR) is 90.1 cm³/mol. The standard InChI is InChI=1S/C18H25N3O/c1-13(2)21-11-10-14(20-21)12-17(22)19-16-9-7-6-8-15(16)18(3,4)5/h6-11,13H,12H2,1-5H3,(H,19,22). The molecule has 4 nitrogen and oxygen atoms in total. The van der Waals surface area contributed by atoms with Crippen LogP contribution in [0.4, 0.5) is 5.69 Å². The number of carbonyl (C=O) groups excluding carboxylic acids is 1. The molecule has 2 rings (SSSR count). The van der Waals surface area contributed by atoms with Crippen LogP contribution < -0.4 is 5.32 Å². The van der Waals surface area contributed by atoms with Crippen molar-refractivity contribution in [2.24, 2.45) is 0 Å². The maximum atomic E-state index is 12.3. The number of anilines is 1. The third-order valence-electron chi connectivity index (χ3n) is 3.54. The van der Waals surface area contributed by atoms with Gasteiger partial charge in [-0.2, -0.15) is 5.10 Å². The first-order valence-electron chi connectivity index (χ1n) is 7.71. The Morgan fingerprint density at radius 2 is 1.91 bits per heavy atom. The molecule has 0 aliphatic rings. The maximum Gasteiger partial charge on any atom is 0.230 e. The van der Waals surface area contributed by atoms with Gasteiger partial charge >= 0.3 is 0 Å². The minimum Gasteiger partial charge on any atom is -0.325 e. The normalized spacial score (nSPS) is 11.7. The van der Waals surface area contributed by atoms with Crippen LogP contribution in [0.15, 0.2) is 36.5 Å². The van der Waals surface area contributed by atoms with Crippen molar-refractivity contribution in [2.75, 3.05) is 5.32 Å². The van der Waals surface area contributed by atoms with Gasteiger partial charge in [0.15, 0.2) is 0 Å². The van der Waals surface area contributed by atoms with Crippen LogP contribution in [0.5, 0.6) is 0 Å². The molecule has 1 heterocycles. The van der Waals surface area contributed by atoms with Crippen molar-refractivity contribution in [3.63, 3.8) is 0 Å². The van der Waals surface area contributed by atoms with E-state index in [0.29, 0.717) is 6.04 Å². The lowest BCUT2D eigenvalue weighted by Gasteiger charge is -2.22. The van der Waals surface area contributed by atoms with E-state index in [-0.39, 0.29) is 17.7 Å². The summed E-state index contributed by atoms with van der Waals surface area (Å²) in [6.07, 6.45) is 2.20. The number of nitrogens with one attached hydrogen (secondary N) is 1. The highest BCUT2D eigenvalue weighted by Crippen LogP contribution is 2.29. The molecule has 22 heavy (non-hydrogen) atoms. The Balaban J connectivity index is 2.09. The van der Waals surface area contributed by atoms with Gasteiger partial charge in [-0.3, -0.25) is 9.48 Å². The SMILES string of the molecule is CC(C)n1ccc(CC(=O)Nc2ccccc2C(C)(C)C)n1. The highest BCUT2D eigenvalue weighted by molar-refractivity contribution is 5.92.